The van der Waals surface area contributed by atoms with Gasteiger partial charge in [0, 0.05) is 6.42 Å². The highest BCUT2D eigenvalue weighted by Crippen LogP contribution is 2.35. The first-order valence-electron chi connectivity index (χ1n) is 8.12. The van der Waals surface area contributed by atoms with Crippen molar-refractivity contribution in [2.75, 3.05) is 0 Å². The van der Waals surface area contributed by atoms with E-state index < -0.39 is 24.1 Å². The second-order valence-corrected chi connectivity index (χ2v) is 6.74. The van der Waals surface area contributed by atoms with Gasteiger partial charge in [0.25, 0.3) is 0 Å². The standard InChI is InChI=1S/C16H27NO6/c1-9(2)11-5-4-10(3)8-13(11)23-16(22)17-12(15(20)21)6-7-14(18)19/h9-13H,4-8H2,1-3H3,(H,17,22)(H,18,19)(H,20,21)/t10?,11?,12-,13-/m0/s1. The Kier molecular flexibility index (Phi) is 7.32. The largest absolute Gasteiger partial charge is 0.481 e. The average Bonchev–Trinajstić information content (AvgIpc) is 2.42. The predicted molar refractivity (Wildman–Crippen MR) is 83.0 cm³/mol. The predicted octanol–water partition coefficient (Wildman–Crippen LogP) is 2.49. The van der Waals surface area contributed by atoms with E-state index in [9.17, 15) is 14.4 Å². The Morgan fingerprint density at radius 3 is 2.39 bits per heavy atom. The second-order valence-electron chi connectivity index (χ2n) is 6.74. The van der Waals surface area contributed by atoms with Crippen LogP contribution >= 0.6 is 0 Å². The topological polar surface area (TPSA) is 113 Å². The number of aliphatic carboxylic acids is 2. The van der Waals surface area contributed by atoms with Crippen LogP contribution in [0.25, 0.3) is 0 Å². The van der Waals surface area contributed by atoms with Gasteiger partial charge in [-0.15, -0.1) is 0 Å². The van der Waals surface area contributed by atoms with Gasteiger partial charge in [-0.25, -0.2) is 9.59 Å². The maximum Gasteiger partial charge on any atom is 0.408 e. The quantitative estimate of drug-likeness (QED) is 0.661. The van der Waals surface area contributed by atoms with E-state index in [1.807, 2.05) is 0 Å². The lowest BCUT2D eigenvalue weighted by atomic mass is 9.75. The molecule has 2 unspecified atom stereocenters. The summed E-state index contributed by atoms with van der Waals surface area (Å²) in [7, 11) is 0. The molecule has 4 atom stereocenters. The molecule has 0 heterocycles. The molecule has 0 bridgehead atoms. The lowest BCUT2D eigenvalue weighted by Gasteiger charge is -2.36. The summed E-state index contributed by atoms with van der Waals surface area (Å²) < 4.78 is 5.46. The highest BCUT2D eigenvalue weighted by Gasteiger charge is 2.34. The smallest absolute Gasteiger partial charge is 0.408 e. The number of hydrogen-bond acceptors (Lipinski definition) is 4. The zero-order valence-corrected chi connectivity index (χ0v) is 13.9. The van der Waals surface area contributed by atoms with Gasteiger partial charge in [-0.2, -0.15) is 0 Å². The Morgan fingerprint density at radius 2 is 1.87 bits per heavy atom. The molecule has 0 radical (unpaired) electrons. The van der Waals surface area contributed by atoms with Crippen LogP contribution < -0.4 is 5.32 Å². The highest BCUT2D eigenvalue weighted by atomic mass is 16.6. The Bertz CT molecular complexity index is 436. The molecule has 1 aliphatic carbocycles. The van der Waals surface area contributed by atoms with Crippen molar-refractivity contribution in [3.05, 3.63) is 0 Å². The summed E-state index contributed by atoms with van der Waals surface area (Å²) in [6.07, 6.45) is 1.34. The van der Waals surface area contributed by atoms with Crippen LogP contribution in [0.1, 0.15) is 52.9 Å². The van der Waals surface area contributed by atoms with Gasteiger partial charge < -0.3 is 20.3 Å². The third-order valence-electron chi connectivity index (χ3n) is 4.46. The van der Waals surface area contributed by atoms with Crippen LogP contribution in [-0.4, -0.2) is 40.4 Å². The number of carboxylic acid groups (broad SMARTS) is 2. The lowest BCUT2D eigenvalue weighted by molar-refractivity contribution is -0.140. The minimum Gasteiger partial charge on any atom is -0.481 e. The molecule has 23 heavy (non-hydrogen) atoms. The molecule has 1 fully saturated rings. The molecule has 1 aliphatic rings. The fourth-order valence-corrected chi connectivity index (χ4v) is 3.09. The number of carboxylic acids is 2. The maximum atomic E-state index is 12.0. The van der Waals surface area contributed by atoms with E-state index in [1.165, 1.54) is 0 Å². The van der Waals surface area contributed by atoms with Crippen molar-refractivity contribution >= 4 is 18.0 Å². The Hall–Kier alpha value is -1.79. The van der Waals surface area contributed by atoms with E-state index in [-0.39, 0.29) is 24.9 Å². The summed E-state index contributed by atoms with van der Waals surface area (Å²) in [6.45, 7) is 6.28. The van der Waals surface area contributed by atoms with Gasteiger partial charge in [0.15, 0.2) is 0 Å². The first-order valence-corrected chi connectivity index (χ1v) is 8.12. The SMILES string of the molecule is CC1CCC(C(C)C)[C@@H](OC(=O)N[C@@H](CCC(=O)O)C(=O)O)C1. The average molecular weight is 329 g/mol. The van der Waals surface area contributed by atoms with Crippen molar-refractivity contribution in [3.63, 3.8) is 0 Å². The first-order chi connectivity index (χ1) is 10.7. The summed E-state index contributed by atoms with van der Waals surface area (Å²) in [4.78, 5) is 33.6. The normalized spacial score (nSPS) is 25.7. The zero-order chi connectivity index (χ0) is 17.6. The third-order valence-corrected chi connectivity index (χ3v) is 4.46. The minimum atomic E-state index is -1.26. The van der Waals surface area contributed by atoms with Gasteiger partial charge in [0.2, 0.25) is 0 Å². The van der Waals surface area contributed by atoms with Gasteiger partial charge in [-0.3, -0.25) is 4.79 Å². The zero-order valence-electron chi connectivity index (χ0n) is 13.9. The van der Waals surface area contributed by atoms with E-state index in [4.69, 9.17) is 14.9 Å². The lowest BCUT2D eigenvalue weighted by Crippen LogP contribution is -2.45. The van der Waals surface area contributed by atoms with Gasteiger partial charge in [-0.05, 0) is 37.0 Å². The van der Waals surface area contributed by atoms with Gasteiger partial charge >= 0.3 is 18.0 Å². The van der Waals surface area contributed by atoms with Gasteiger partial charge in [-0.1, -0.05) is 27.2 Å². The van der Waals surface area contributed by atoms with Crippen LogP contribution in [0.3, 0.4) is 0 Å². The van der Waals surface area contributed by atoms with E-state index in [1.54, 1.807) is 0 Å². The Labute approximate surface area is 136 Å². The molecule has 132 valence electrons. The number of amides is 1. The van der Waals surface area contributed by atoms with Crippen molar-refractivity contribution < 1.29 is 29.3 Å². The molecular weight excluding hydrogens is 302 g/mol. The molecule has 0 saturated heterocycles. The van der Waals surface area contributed by atoms with E-state index in [2.05, 4.69) is 26.1 Å². The fraction of sp³-hybridized carbons (Fsp3) is 0.812. The van der Waals surface area contributed by atoms with Crippen LogP contribution in [0.15, 0.2) is 0 Å². The van der Waals surface area contributed by atoms with E-state index >= 15 is 0 Å². The number of ether oxygens (including phenoxy) is 1. The van der Waals surface area contributed by atoms with Crippen LogP contribution in [0.4, 0.5) is 4.79 Å². The summed E-state index contributed by atoms with van der Waals surface area (Å²) in [6, 6.07) is -1.25. The first kappa shape index (κ1) is 19.3. The number of alkyl carbamates (subject to hydrolysis) is 1. The number of carbonyl (C=O) groups is 3. The van der Waals surface area contributed by atoms with Crippen LogP contribution in [0.5, 0.6) is 0 Å². The molecule has 0 aromatic heterocycles. The van der Waals surface area contributed by atoms with Crippen LogP contribution in [0, 0.1) is 17.8 Å². The van der Waals surface area contributed by atoms with Gasteiger partial charge in [0.1, 0.15) is 12.1 Å². The summed E-state index contributed by atoms with van der Waals surface area (Å²) in [5.41, 5.74) is 0. The molecule has 0 aliphatic heterocycles. The van der Waals surface area contributed by atoms with Crippen molar-refractivity contribution in [2.24, 2.45) is 17.8 Å². The molecule has 1 amide bonds. The van der Waals surface area contributed by atoms with Gasteiger partial charge in [0.05, 0.1) is 0 Å². The molecule has 3 N–H and O–H groups in total. The fourth-order valence-electron chi connectivity index (χ4n) is 3.09. The van der Waals surface area contributed by atoms with Crippen LogP contribution in [-0.2, 0) is 14.3 Å². The summed E-state index contributed by atoms with van der Waals surface area (Å²) >= 11 is 0. The highest BCUT2D eigenvalue weighted by molar-refractivity contribution is 5.80. The molecule has 0 aromatic rings. The monoisotopic (exact) mass is 329 g/mol. The van der Waals surface area contributed by atoms with Crippen molar-refractivity contribution in [1.29, 1.82) is 0 Å². The van der Waals surface area contributed by atoms with Crippen LogP contribution in [0.2, 0.25) is 0 Å². The Balaban J connectivity index is 2.60. The third kappa shape index (κ3) is 6.46. The number of nitrogens with one attached hydrogen (secondary N) is 1. The molecule has 7 heteroatoms. The van der Waals surface area contributed by atoms with Crippen molar-refractivity contribution in [3.8, 4) is 0 Å². The molecule has 7 nitrogen and oxygen atoms in total. The van der Waals surface area contributed by atoms with Crippen molar-refractivity contribution in [1.82, 2.24) is 5.32 Å². The molecule has 0 spiro atoms. The Morgan fingerprint density at radius 1 is 1.22 bits per heavy atom. The molecule has 0 aromatic carbocycles. The summed E-state index contributed by atoms with van der Waals surface area (Å²) in [5, 5.41) is 20.0. The summed E-state index contributed by atoms with van der Waals surface area (Å²) in [5.74, 6) is -1.26. The molecular formula is C16H27NO6. The number of hydrogen-bond donors (Lipinski definition) is 3. The van der Waals surface area contributed by atoms with Crippen molar-refractivity contribution in [2.45, 2.75) is 65.0 Å². The minimum absolute atomic E-state index is 0.172. The number of carbonyl (C=O) groups excluding carboxylic acids is 1. The molecule has 1 rings (SSSR count). The number of rotatable bonds is 7. The van der Waals surface area contributed by atoms with E-state index in [0.717, 1.165) is 19.3 Å². The second kappa shape index (κ2) is 8.74. The van der Waals surface area contributed by atoms with E-state index in [0.29, 0.717) is 11.8 Å². The maximum absolute atomic E-state index is 12.0. The molecule has 1 saturated carbocycles.